The fraction of sp³-hybridized carbons (Fsp3) is 0.889. The van der Waals surface area contributed by atoms with Crippen LogP contribution in [0.3, 0.4) is 0 Å². The van der Waals surface area contributed by atoms with E-state index in [0.29, 0.717) is 13.1 Å². The Bertz CT molecular complexity index is 262. The molecule has 6 heteroatoms. The molecular formula is C9H15ClF2N2O. The summed E-state index contributed by atoms with van der Waals surface area (Å²) >= 11 is 0. The first-order valence-electron chi connectivity index (χ1n) is 4.93. The van der Waals surface area contributed by atoms with Gasteiger partial charge in [-0.05, 0) is 12.8 Å². The number of alkyl halides is 2. The number of nitrogens with zero attached hydrogens (tertiary/aromatic N) is 1. The van der Waals surface area contributed by atoms with Crippen molar-refractivity contribution < 1.29 is 13.6 Å². The molecule has 88 valence electrons. The second-order valence-electron chi connectivity index (χ2n) is 4.20. The maximum Gasteiger partial charge on any atom is 0.260 e. The van der Waals surface area contributed by atoms with Crippen molar-refractivity contribution >= 4 is 18.3 Å². The molecule has 1 unspecified atom stereocenters. The van der Waals surface area contributed by atoms with Gasteiger partial charge in [-0.15, -0.1) is 12.4 Å². The number of carbonyl (C=O) groups excluding carboxylic acids is 1. The summed E-state index contributed by atoms with van der Waals surface area (Å²) in [6.07, 6.45) is 1.42. The molecule has 2 atom stereocenters. The minimum Gasteiger partial charge on any atom is -0.341 e. The van der Waals surface area contributed by atoms with Crippen LogP contribution in [0.2, 0.25) is 0 Å². The van der Waals surface area contributed by atoms with Crippen LogP contribution in [0.1, 0.15) is 19.3 Å². The van der Waals surface area contributed by atoms with Crippen LogP contribution in [-0.2, 0) is 4.79 Å². The van der Waals surface area contributed by atoms with E-state index in [1.807, 2.05) is 0 Å². The molecule has 0 aromatic heterocycles. The molecule has 0 radical (unpaired) electrons. The molecule has 2 rings (SSSR count). The van der Waals surface area contributed by atoms with Crippen molar-refractivity contribution in [2.24, 2.45) is 11.7 Å². The fourth-order valence-electron chi connectivity index (χ4n) is 1.91. The summed E-state index contributed by atoms with van der Waals surface area (Å²) < 4.78 is 25.2. The van der Waals surface area contributed by atoms with E-state index >= 15 is 0 Å². The van der Waals surface area contributed by atoms with Gasteiger partial charge in [-0.2, -0.15) is 0 Å². The van der Waals surface area contributed by atoms with Crippen molar-refractivity contribution in [3.63, 3.8) is 0 Å². The highest BCUT2D eigenvalue weighted by Gasteiger charge is 2.62. The van der Waals surface area contributed by atoms with Gasteiger partial charge in [0, 0.05) is 25.6 Å². The van der Waals surface area contributed by atoms with Crippen molar-refractivity contribution in [3.8, 4) is 0 Å². The highest BCUT2D eigenvalue weighted by Crippen LogP contribution is 2.49. The zero-order chi connectivity index (χ0) is 10.3. The molecule has 2 fully saturated rings. The molecule has 3 nitrogen and oxygen atoms in total. The summed E-state index contributed by atoms with van der Waals surface area (Å²) in [4.78, 5) is 13.0. The van der Waals surface area contributed by atoms with Gasteiger partial charge in [-0.3, -0.25) is 4.79 Å². The number of carbonyl (C=O) groups is 1. The molecule has 2 aliphatic rings. The van der Waals surface area contributed by atoms with E-state index in [2.05, 4.69) is 0 Å². The quantitative estimate of drug-likeness (QED) is 0.744. The molecule has 0 aromatic carbocycles. The first kappa shape index (κ1) is 12.6. The van der Waals surface area contributed by atoms with E-state index in [9.17, 15) is 13.6 Å². The SMILES string of the molecule is Cl.N[C@H]1CCCN(C(=O)C2CC2(F)F)C1. The molecular weight excluding hydrogens is 226 g/mol. The van der Waals surface area contributed by atoms with Crippen molar-refractivity contribution in [1.82, 2.24) is 4.90 Å². The van der Waals surface area contributed by atoms with Crippen LogP contribution >= 0.6 is 12.4 Å². The lowest BCUT2D eigenvalue weighted by Gasteiger charge is -2.30. The topological polar surface area (TPSA) is 46.3 Å². The van der Waals surface area contributed by atoms with Crippen LogP contribution in [0.25, 0.3) is 0 Å². The van der Waals surface area contributed by atoms with Crippen LogP contribution < -0.4 is 5.73 Å². The van der Waals surface area contributed by atoms with Gasteiger partial charge in [0.15, 0.2) is 0 Å². The summed E-state index contributed by atoms with van der Waals surface area (Å²) in [7, 11) is 0. The van der Waals surface area contributed by atoms with Gasteiger partial charge in [0.1, 0.15) is 5.92 Å². The average Bonchev–Trinajstić information content (AvgIpc) is 2.74. The first-order chi connectivity index (χ1) is 6.50. The van der Waals surface area contributed by atoms with Crippen molar-refractivity contribution in [2.45, 2.75) is 31.2 Å². The Morgan fingerprint density at radius 3 is 2.53 bits per heavy atom. The summed E-state index contributed by atoms with van der Waals surface area (Å²) in [5.41, 5.74) is 5.67. The van der Waals surface area contributed by atoms with E-state index in [1.165, 1.54) is 4.90 Å². The lowest BCUT2D eigenvalue weighted by molar-refractivity contribution is -0.136. The van der Waals surface area contributed by atoms with E-state index in [1.54, 1.807) is 0 Å². The van der Waals surface area contributed by atoms with E-state index < -0.39 is 17.7 Å². The molecule has 0 bridgehead atoms. The maximum absolute atomic E-state index is 12.6. The molecule has 15 heavy (non-hydrogen) atoms. The Kier molecular flexibility index (Phi) is 3.55. The monoisotopic (exact) mass is 240 g/mol. The number of likely N-dealkylation sites (tertiary alicyclic amines) is 1. The van der Waals surface area contributed by atoms with Gasteiger partial charge >= 0.3 is 0 Å². The largest absolute Gasteiger partial charge is 0.341 e. The van der Waals surface area contributed by atoms with Gasteiger partial charge in [-0.1, -0.05) is 0 Å². The molecule has 1 saturated carbocycles. The van der Waals surface area contributed by atoms with Crippen molar-refractivity contribution in [2.75, 3.05) is 13.1 Å². The molecule has 1 aliphatic carbocycles. The summed E-state index contributed by atoms with van der Waals surface area (Å²) in [5, 5.41) is 0. The predicted octanol–water partition coefficient (Wildman–Crippen LogP) is 1.01. The van der Waals surface area contributed by atoms with E-state index in [-0.39, 0.29) is 24.9 Å². The highest BCUT2D eigenvalue weighted by atomic mass is 35.5. The summed E-state index contributed by atoms with van der Waals surface area (Å²) in [6.45, 7) is 1.02. The molecule has 1 heterocycles. The molecule has 0 aromatic rings. The summed E-state index contributed by atoms with van der Waals surface area (Å²) in [6, 6.07) is -0.0416. The van der Waals surface area contributed by atoms with Crippen molar-refractivity contribution in [3.05, 3.63) is 0 Å². The molecule has 2 N–H and O–H groups in total. The number of amides is 1. The predicted molar refractivity (Wildman–Crippen MR) is 54.1 cm³/mol. The van der Waals surface area contributed by atoms with Crippen LogP contribution in [0.15, 0.2) is 0 Å². The molecule has 0 spiro atoms. The van der Waals surface area contributed by atoms with E-state index in [4.69, 9.17) is 5.73 Å². The smallest absolute Gasteiger partial charge is 0.260 e. The lowest BCUT2D eigenvalue weighted by Crippen LogP contribution is -2.46. The van der Waals surface area contributed by atoms with Crippen molar-refractivity contribution in [1.29, 1.82) is 0 Å². The minimum atomic E-state index is -2.75. The highest BCUT2D eigenvalue weighted by molar-refractivity contribution is 5.85. The number of halogens is 3. The Hall–Kier alpha value is -0.420. The zero-order valence-electron chi connectivity index (χ0n) is 8.29. The first-order valence-corrected chi connectivity index (χ1v) is 4.93. The second-order valence-corrected chi connectivity index (χ2v) is 4.20. The average molecular weight is 241 g/mol. The van der Waals surface area contributed by atoms with Crippen LogP contribution in [0, 0.1) is 5.92 Å². The number of hydrogen-bond acceptors (Lipinski definition) is 2. The molecule has 1 amide bonds. The third-order valence-electron chi connectivity index (χ3n) is 2.89. The van der Waals surface area contributed by atoms with Gasteiger partial charge in [0.25, 0.3) is 5.92 Å². The molecule has 1 saturated heterocycles. The van der Waals surface area contributed by atoms with Gasteiger partial charge in [0.05, 0.1) is 0 Å². The normalized spacial score (nSPS) is 33.1. The lowest BCUT2D eigenvalue weighted by atomic mass is 10.1. The number of rotatable bonds is 1. The second kappa shape index (κ2) is 4.22. The Morgan fingerprint density at radius 1 is 1.47 bits per heavy atom. The number of hydrogen-bond donors (Lipinski definition) is 1. The van der Waals surface area contributed by atoms with Crippen LogP contribution in [0.5, 0.6) is 0 Å². The summed E-state index contributed by atoms with van der Waals surface area (Å²) in [5.74, 6) is -4.23. The fourth-order valence-corrected chi connectivity index (χ4v) is 1.91. The van der Waals surface area contributed by atoms with Crippen LogP contribution in [-0.4, -0.2) is 35.9 Å². The minimum absolute atomic E-state index is 0. The Morgan fingerprint density at radius 2 is 2.07 bits per heavy atom. The molecule has 1 aliphatic heterocycles. The standard InChI is InChI=1S/C9H14F2N2O.ClH/c10-9(11)4-7(9)8(14)13-3-1-2-6(12)5-13;/h6-7H,1-5,12H2;1H/t6-,7?;/m0./s1. The number of nitrogens with two attached hydrogens (primary N) is 1. The number of piperidine rings is 1. The van der Waals surface area contributed by atoms with Crippen LogP contribution in [0.4, 0.5) is 8.78 Å². The van der Waals surface area contributed by atoms with Gasteiger partial charge in [0.2, 0.25) is 5.91 Å². The zero-order valence-corrected chi connectivity index (χ0v) is 9.10. The Labute approximate surface area is 93.4 Å². The Balaban J connectivity index is 0.00000112. The van der Waals surface area contributed by atoms with Gasteiger partial charge in [-0.25, -0.2) is 8.78 Å². The maximum atomic E-state index is 12.6. The van der Waals surface area contributed by atoms with E-state index in [0.717, 1.165) is 12.8 Å². The van der Waals surface area contributed by atoms with Gasteiger partial charge < -0.3 is 10.6 Å². The third kappa shape index (κ3) is 2.58. The third-order valence-corrected chi connectivity index (χ3v) is 2.89.